The first kappa shape index (κ1) is 25.6. The molecule has 0 heteroatoms. The minimum Gasteiger partial charge on any atom is -0.0804 e. The Morgan fingerprint density at radius 1 is 0.615 bits per heavy atom. The topological polar surface area (TPSA) is 0 Å². The van der Waals surface area contributed by atoms with Crippen molar-refractivity contribution in [3.8, 4) is 33.4 Å². The van der Waals surface area contributed by atoms with E-state index in [9.17, 15) is 0 Å². The molecule has 0 amide bonds. The average Bonchev–Trinajstić information content (AvgIpc) is 3.51. The number of benzene rings is 4. The van der Waals surface area contributed by atoms with E-state index in [4.69, 9.17) is 0 Å². The summed E-state index contributed by atoms with van der Waals surface area (Å²) in [7, 11) is 0. The zero-order valence-corrected chi connectivity index (χ0v) is 24.8. The zero-order chi connectivity index (χ0) is 27.6. The lowest BCUT2D eigenvalue weighted by Gasteiger charge is -2.33. The largest absolute Gasteiger partial charge is 0.0804 e. The Hall–Kier alpha value is -3.64. The SMILES string of the molecule is Cc1cc(C)c(-c2ccc3c(c2)Cc2c-3ccc(-c3c(C)cc(C)cc3C)c2C(C)(C)C2=CC=CC2)c(C)c1. The number of allylic oxidation sites excluding steroid dienone is 4. The van der Waals surface area contributed by atoms with Gasteiger partial charge in [0, 0.05) is 5.41 Å². The second-order valence-corrected chi connectivity index (χ2v) is 12.6. The van der Waals surface area contributed by atoms with Crippen LogP contribution in [0.4, 0.5) is 0 Å². The van der Waals surface area contributed by atoms with Crippen LogP contribution in [0.5, 0.6) is 0 Å². The van der Waals surface area contributed by atoms with Gasteiger partial charge < -0.3 is 0 Å². The molecule has 0 bridgehead atoms. The first-order valence-corrected chi connectivity index (χ1v) is 14.4. The lowest BCUT2D eigenvalue weighted by molar-refractivity contribution is 0.610. The van der Waals surface area contributed by atoms with Gasteiger partial charge in [0.25, 0.3) is 0 Å². The summed E-state index contributed by atoms with van der Waals surface area (Å²) in [5.74, 6) is 0. The molecule has 0 spiro atoms. The number of aryl methyl sites for hydroxylation is 6. The van der Waals surface area contributed by atoms with Crippen LogP contribution in [0, 0.1) is 41.5 Å². The highest BCUT2D eigenvalue weighted by Gasteiger charge is 2.35. The molecule has 0 saturated heterocycles. The summed E-state index contributed by atoms with van der Waals surface area (Å²) >= 11 is 0. The highest BCUT2D eigenvalue weighted by molar-refractivity contribution is 5.88. The van der Waals surface area contributed by atoms with Gasteiger partial charge in [-0.2, -0.15) is 0 Å². The van der Waals surface area contributed by atoms with Crippen LogP contribution in [0.15, 0.2) is 78.4 Å². The first-order chi connectivity index (χ1) is 18.6. The summed E-state index contributed by atoms with van der Waals surface area (Å²) in [5.41, 5.74) is 22.4. The van der Waals surface area contributed by atoms with Gasteiger partial charge in [0.1, 0.15) is 0 Å². The van der Waals surface area contributed by atoms with Crippen molar-refractivity contribution < 1.29 is 0 Å². The van der Waals surface area contributed by atoms with Gasteiger partial charge in [0.05, 0.1) is 0 Å². The standard InChI is InChI=1S/C39H40/c1-23-17-25(3)36(26(4)18-23)29-13-14-32-30(21-29)22-35-33(32)15-16-34(37-27(5)19-24(2)20-28(37)6)38(35)39(7,8)31-11-9-10-12-31/h9-11,13-21H,12,22H2,1-8H3. The van der Waals surface area contributed by atoms with Crippen LogP contribution in [0.2, 0.25) is 0 Å². The second-order valence-electron chi connectivity index (χ2n) is 12.6. The highest BCUT2D eigenvalue weighted by Crippen LogP contribution is 2.50. The lowest BCUT2D eigenvalue weighted by Crippen LogP contribution is -2.23. The average molecular weight is 509 g/mol. The Morgan fingerprint density at radius 2 is 1.18 bits per heavy atom. The molecule has 2 aliphatic carbocycles. The van der Waals surface area contributed by atoms with Gasteiger partial charge in [-0.25, -0.2) is 0 Å². The molecule has 0 aromatic heterocycles. The smallest absolute Gasteiger partial charge is 0.0120 e. The molecule has 2 aliphatic rings. The van der Waals surface area contributed by atoms with E-state index >= 15 is 0 Å². The summed E-state index contributed by atoms with van der Waals surface area (Å²) in [4.78, 5) is 0. The van der Waals surface area contributed by atoms with Crippen molar-refractivity contribution in [1.29, 1.82) is 0 Å². The normalized spacial score (nSPS) is 14.0. The molecule has 0 N–H and O–H groups in total. The second kappa shape index (κ2) is 9.23. The molecule has 0 nitrogen and oxygen atoms in total. The highest BCUT2D eigenvalue weighted by atomic mass is 14.4. The van der Waals surface area contributed by atoms with Crippen molar-refractivity contribution in [3.05, 3.63) is 128 Å². The molecule has 4 aromatic carbocycles. The van der Waals surface area contributed by atoms with E-state index in [1.165, 1.54) is 89.0 Å². The molecular formula is C39H40. The maximum Gasteiger partial charge on any atom is 0.0120 e. The molecule has 0 heterocycles. The van der Waals surface area contributed by atoms with Gasteiger partial charge >= 0.3 is 0 Å². The summed E-state index contributed by atoms with van der Waals surface area (Å²) in [6, 6.07) is 21.3. The van der Waals surface area contributed by atoms with Crippen molar-refractivity contribution in [1.82, 2.24) is 0 Å². The molecule has 0 saturated carbocycles. The van der Waals surface area contributed by atoms with Crippen LogP contribution in [0.3, 0.4) is 0 Å². The molecule has 0 fully saturated rings. The van der Waals surface area contributed by atoms with Crippen LogP contribution < -0.4 is 0 Å². The molecule has 0 atom stereocenters. The fraction of sp³-hybridized carbons (Fsp3) is 0.282. The quantitative estimate of drug-likeness (QED) is 0.226. The Kier molecular flexibility index (Phi) is 6.07. The van der Waals surface area contributed by atoms with E-state index in [0.29, 0.717) is 0 Å². The van der Waals surface area contributed by atoms with Gasteiger partial charge in [-0.05, 0) is 127 Å². The molecular weight excluding hydrogens is 468 g/mol. The number of fused-ring (bicyclic) bond motifs is 3. The van der Waals surface area contributed by atoms with E-state index in [0.717, 1.165) is 12.8 Å². The van der Waals surface area contributed by atoms with E-state index in [1.807, 2.05) is 0 Å². The van der Waals surface area contributed by atoms with Gasteiger partial charge in [0.2, 0.25) is 0 Å². The lowest BCUT2D eigenvalue weighted by atomic mass is 9.70. The van der Waals surface area contributed by atoms with Crippen LogP contribution in [-0.2, 0) is 11.8 Å². The van der Waals surface area contributed by atoms with E-state index in [2.05, 4.69) is 128 Å². The van der Waals surface area contributed by atoms with Gasteiger partial charge in [-0.15, -0.1) is 0 Å². The Balaban J connectivity index is 1.56. The molecule has 0 unspecified atom stereocenters. The minimum atomic E-state index is -0.0665. The fourth-order valence-electron chi connectivity index (χ4n) is 7.67. The molecule has 6 rings (SSSR count). The van der Waals surface area contributed by atoms with E-state index in [1.54, 1.807) is 0 Å². The first-order valence-electron chi connectivity index (χ1n) is 14.4. The van der Waals surface area contributed by atoms with E-state index < -0.39 is 0 Å². The molecule has 39 heavy (non-hydrogen) atoms. The Morgan fingerprint density at radius 3 is 1.77 bits per heavy atom. The number of rotatable bonds is 4. The van der Waals surface area contributed by atoms with Crippen molar-refractivity contribution in [2.45, 2.75) is 73.6 Å². The molecule has 196 valence electrons. The molecule has 4 aromatic rings. The van der Waals surface area contributed by atoms with Gasteiger partial charge in [-0.3, -0.25) is 0 Å². The van der Waals surface area contributed by atoms with Crippen molar-refractivity contribution >= 4 is 0 Å². The maximum atomic E-state index is 2.47. The fourth-order valence-corrected chi connectivity index (χ4v) is 7.67. The predicted molar refractivity (Wildman–Crippen MR) is 169 cm³/mol. The van der Waals surface area contributed by atoms with Crippen molar-refractivity contribution in [2.24, 2.45) is 0 Å². The third-order valence-corrected chi connectivity index (χ3v) is 9.19. The Labute approximate surface area is 235 Å². The maximum absolute atomic E-state index is 2.47. The van der Waals surface area contributed by atoms with E-state index in [-0.39, 0.29) is 5.41 Å². The molecule has 0 aliphatic heterocycles. The minimum absolute atomic E-state index is 0.0665. The summed E-state index contributed by atoms with van der Waals surface area (Å²) in [6.07, 6.45) is 8.90. The number of hydrogen-bond acceptors (Lipinski definition) is 0. The number of hydrogen-bond donors (Lipinski definition) is 0. The monoisotopic (exact) mass is 508 g/mol. The van der Waals surface area contributed by atoms with Crippen LogP contribution >= 0.6 is 0 Å². The predicted octanol–water partition coefficient (Wildman–Crippen LogP) is 10.6. The Bertz CT molecular complexity index is 1670. The zero-order valence-electron chi connectivity index (χ0n) is 24.8. The van der Waals surface area contributed by atoms with Crippen molar-refractivity contribution in [3.63, 3.8) is 0 Å². The third-order valence-electron chi connectivity index (χ3n) is 9.19. The summed E-state index contributed by atoms with van der Waals surface area (Å²) in [6.45, 7) is 18.3. The van der Waals surface area contributed by atoms with Crippen LogP contribution in [-0.4, -0.2) is 0 Å². The van der Waals surface area contributed by atoms with Crippen molar-refractivity contribution in [2.75, 3.05) is 0 Å². The van der Waals surface area contributed by atoms with Gasteiger partial charge in [0.15, 0.2) is 0 Å². The third kappa shape index (κ3) is 4.13. The van der Waals surface area contributed by atoms with Gasteiger partial charge in [-0.1, -0.05) is 103 Å². The summed E-state index contributed by atoms with van der Waals surface area (Å²) < 4.78 is 0. The molecule has 0 radical (unpaired) electrons. The van der Waals surface area contributed by atoms with Crippen LogP contribution in [0.1, 0.15) is 70.3 Å². The van der Waals surface area contributed by atoms with Crippen LogP contribution in [0.25, 0.3) is 33.4 Å². The summed E-state index contributed by atoms with van der Waals surface area (Å²) in [5, 5.41) is 0.